The number of likely N-dealkylation sites (N-methyl/N-ethyl adjacent to an activating group) is 1. The standard InChI is InChI=1S/C11H22N2O3/c1-9(11(14)15-3)7-13-4-5-16-10(8-13)6-12-2/h9-10,12H,4-8H2,1-3H3. The predicted octanol–water partition coefficient (Wildman–Crippen LogP) is -0.284. The number of rotatable bonds is 5. The Morgan fingerprint density at radius 2 is 2.44 bits per heavy atom. The van der Waals surface area contributed by atoms with Gasteiger partial charge in [-0.05, 0) is 7.05 Å². The third kappa shape index (κ3) is 4.08. The molecular formula is C11H22N2O3. The van der Waals surface area contributed by atoms with Crippen molar-refractivity contribution in [1.29, 1.82) is 0 Å². The van der Waals surface area contributed by atoms with Crippen molar-refractivity contribution in [3.8, 4) is 0 Å². The van der Waals surface area contributed by atoms with Crippen molar-refractivity contribution in [3.63, 3.8) is 0 Å². The lowest BCUT2D eigenvalue weighted by Gasteiger charge is -2.33. The van der Waals surface area contributed by atoms with E-state index in [1.807, 2.05) is 14.0 Å². The maximum Gasteiger partial charge on any atom is 0.309 e. The molecule has 2 unspecified atom stereocenters. The zero-order chi connectivity index (χ0) is 12.0. The van der Waals surface area contributed by atoms with E-state index >= 15 is 0 Å². The second-order valence-electron chi connectivity index (χ2n) is 4.23. The maximum absolute atomic E-state index is 11.3. The Kier molecular flexibility index (Phi) is 5.73. The summed E-state index contributed by atoms with van der Waals surface area (Å²) in [6, 6.07) is 0. The van der Waals surface area contributed by atoms with Crippen LogP contribution >= 0.6 is 0 Å². The molecule has 2 atom stereocenters. The molecule has 0 aromatic rings. The van der Waals surface area contributed by atoms with E-state index in [0.717, 1.165) is 32.8 Å². The highest BCUT2D eigenvalue weighted by Crippen LogP contribution is 2.08. The van der Waals surface area contributed by atoms with Crippen LogP contribution in [0.2, 0.25) is 0 Å². The van der Waals surface area contributed by atoms with Gasteiger partial charge in [-0.3, -0.25) is 9.69 Å². The normalized spacial score (nSPS) is 24.1. The largest absolute Gasteiger partial charge is 0.469 e. The Morgan fingerprint density at radius 1 is 1.69 bits per heavy atom. The van der Waals surface area contributed by atoms with E-state index < -0.39 is 0 Å². The van der Waals surface area contributed by atoms with Crippen molar-refractivity contribution in [2.45, 2.75) is 13.0 Å². The summed E-state index contributed by atoms with van der Waals surface area (Å²) in [5.74, 6) is -0.213. The van der Waals surface area contributed by atoms with Crippen molar-refractivity contribution < 1.29 is 14.3 Å². The predicted molar refractivity (Wildman–Crippen MR) is 61.3 cm³/mol. The number of ether oxygens (including phenoxy) is 2. The van der Waals surface area contributed by atoms with Crippen molar-refractivity contribution >= 4 is 5.97 Å². The van der Waals surface area contributed by atoms with Gasteiger partial charge in [-0.25, -0.2) is 0 Å². The maximum atomic E-state index is 11.3. The summed E-state index contributed by atoms with van der Waals surface area (Å²) in [6.07, 6.45) is 0.226. The van der Waals surface area contributed by atoms with Gasteiger partial charge in [0.15, 0.2) is 0 Å². The van der Waals surface area contributed by atoms with Crippen molar-refractivity contribution in [2.24, 2.45) is 5.92 Å². The lowest BCUT2D eigenvalue weighted by Crippen LogP contribution is -2.48. The van der Waals surface area contributed by atoms with Gasteiger partial charge >= 0.3 is 5.97 Å². The molecule has 0 saturated carbocycles. The van der Waals surface area contributed by atoms with Gasteiger partial charge in [-0.2, -0.15) is 0 Å². The number of nitrogens with zero attached hydrogens (tertiary/aromatic N) is 1. The highest BCUT2D eigenvalue weighted by Gasteiger charge is 2.23. The Labute approximate surface area is 97.1 Å². The lowest BCUT2D eigenvalue weighted by atomic mass is 10.1. The van der Waals surface area contributed by atoms with E-state index in [9.17, 15) is 4.79 Å². The Hall–Kier alpha value is -0.650. The molecule has 94 valence electrons. The average molecular weight is 230 g/mol. The molecule has 1 fully saturated rings. The minimum absolute atomic E-state index is 0.0710. The Bertz CT molecular complexity index is 221. The monoisotopic (exact) mass is 230 g/mol. The molecule has 0 amide bonds. The smallest absolute Gasteiger partial charge is 0.309 e. The van der Waals surface area contributed by atoms with Crippen LogP contribution in [0.25, 0.3) is 0 Å². The third-order valence-electron chi connectivity index (χ3n) is 2.79. The molecule has 0 aromatic heterocycles. The first-order valence-electron chi connectivity index (χ1n) is 5.73. The molecule has 1 N–H and O–H groups in total. The molecule has 0 spiro atoms. The van der Waals surface area contributed by atoms with Crippen molar-refractivity contribution in [2.75, 3.05) is 46.9 Å². The van der Waals surface area contributed by atoms with E-state index in [0.29, 0.717) is 0 Å². The number of carbonyl (C=O) groups is 1. The minimum atomic E-state index is -0.142. The fraction of sp³-hybridized carbons (Fsp3) is 0.909. The van der Waals surface area contributed by atoms with Gasteiger partial charge in [0, 0.05) is 26.2 Å². The van der Waals surface area contributed by atoms with Gasteiger partial charge in [0.25, 0.3) is 0 Å². The number of hydrogen-bond acceptors (Lipinski definition) is 5. The third-order valence-corrected chi connectivity index (χ3v) is 2.79. The topological polar surface area (TPSA) is 50.8 Å². The molecular weight excluding hydrogens is 208 g/mol. The second kappa shape index (κ2) is 6.83. The first kappa shape index (κ1) is 13.4. The number of morpholine rings is 1. The Morgan fingerprint density at radius 3 is 3.06 bits per heavy atom. The SMILES string of the molecule is CNCC1CN(CC(C)C(=O)OC)CCO1. The second-order valence-corrected chi connectivity index (χ2v) is 4.23. The minimum Gasteiger partial charge on any atom is -0.469 e. The van der Waals surface area contributed by atoms with Crippen LogP contribution in [0.1, 0.15) is 6.92 Å². The Balaban J connectivity index is 2.33. The highest BCUT2D eigenvalue weighted by molar-refractivity contribution is 5.72. The molecule has 0 aliphatic carbocycles. The lowest BCUT2D eigenvalue weighted by molar-refractivity contribution is -0.146. The molecule has 16 heavy (non-hydrogen) atoms. The fourth-order valence-corrected chi connectivity index (χ4v) is 1.96. The van der Waals surface area contributed by atoms with Crippen molar-refractivity contribution in [1.82, 2.24) is 10.2 Å². The summed E-state index contributed by atoms with van der Waals surface area (Å²) in [5.41, 5.74) is 0. The summed E-state index contributed by atoms with van der Waals surface area (Å²) in [5, 5.41) is 3.10. The van der Waals surface area contributed by atoms with E-state index in [4.69, 9.17) is 9.47 Å². The summed E-state index contributed by atoms with van der Waals surface area (Å²) in [6.45, 7) is 6.00. The first-order chi connectivity index (χ1) is 7.67. The van der Waals surface area contributed by atoms with E-state index in [2.05, 4.69) is 10.2 Å². The fourth-order valence-electron chi connectivity index (χ4n) is 1.96. The summed E-state index contributed by atoms with van der Waals surface area (Å²) < 4.78 is 10.3. The van der Waals surface area contributed by atoms with Crippen molar-refractivity contribution in [3.05, 3.63) is 0 Å². The number of methoxy groups -OCH3 is 1. The van der Waals surface area contributed by atoms with Gasteiger partial charge in [0.05, 0.1) is 25.7 Å². The molecule has 0 radical (unpaired) electrons. The molecule has 0 aromatic carbocycles. The molecule has 1 aliphatic heterocycles. The first-order valence-corrected chi connectivity index (χ1v) is 5.73. The summed E-state index contributed by atoms with van der Waals surface area (Å²) in [4.78, 5) is 13.6. The summed E-state index contributed by atoms with van der Waals surface area (Å²) in [7, 11) is 3.35. The van der Waals surface area contributed by atoms with E-state index in [1.165, 1.54) is 7.11 Å². The zero-order valence-electron chi connectivity index (χ0n) is 10.4. The molecule has 0 bridgehead atoms. The van der Waals surface area contributed by atoms with Gasteiger partial charge in [-0.15, -0.1) is 0 Å². The van der Waals surface area contributed by atoms with Gasteiger partial charge in [0.2, 0.25) is 0 Å². The van der Waals surface area contributed by atoms with Crippen LogP contribution in [0, 0.1) is 5.92 Å². The van der Waals surface area contributed by atoms with Crippen LogP contribution in [-0.2, 0) is 14.3 Å². The number of hydrogen-bond donors (Lipinski definition) is 1. The van der Waals surface area contributed by atoms with Crippen LogP contribution in [-0.4, -0.2) is 63.9 Å². The number of esters is 1. The number of nitrogens with one attached hydrogen (secondary N) is 1. The summed E-state index contributed by atoms with van der Waals surface area (Å²) >= 11 is 0. The quantitative estimate of drug-likeness (QED) is 0.658. The number of carbonyl (C=O) groups excluding carboxylic acids is 1. The molecule has 5 nitrogen and oxygen atoms in total. The van der Waals surface area contributed by atoms with Crippen LogP contribution in [0.5, 0.6) is 0 Å². The molecule has 1 rings (SSSR count). The highest BCUT2D eigenvalue weighted by atomic mass is 16.5. The molecule has 5 heteroatoms. The molecule has 1 heterocycles. The zero-order valence-corrected chi connectivity index (χ0v) is 10.4. The van der Waals surface area contributed by atoms with Gasteiger partial charge < -0.3 is 14.8 Å². The molecule has 1 aliphatic rings. The van der Waals surface area contributed by atoms with Gasteiger partial charge in [0.1, 0.15) is 0 Å². The van der Waals surface area contributed by atoms with E-state index in [-0.39, 0.29) is 18.0 Å². The average Bonchev–Trinajstić information content (AvgIpc) is 2.29. The van der Waals surface area contributed by atoms with Gasteiger partial charge in [-0.1, -0.05) is 6.92 Å². The molecule has 1 saturated heterocycles. The van der Waals surface area contributed by atoms with Crippen LogP contribution < -0.4 is 5.32 Å². The van der Waals surface area contributed by atoms with E-state index in [1.54, 1.807) is 0 Å². The van der Waals surface area contributed by atoms with Crippen LogP contribution in [0.3, 0.4) is 0 Å². The van der Waals surface area contributed by atoms with Crippen LogP contribution in [0.4, 0.5) is 0 Å². The van der Waals surface area contributed by atoms with Crippen LogP contribution in [0.15, 0.2) is 0 Å².